The number of carbonyl (C=O) groups excluding carboxylic acids is 1. The molecule has 0 spiro atoms. The third-order valence-corrected chi connectivity index (χ3v) is 3.01. The van der Waals surface area contributed by atoms with Crippen molar-refractivity contribution in [3.63, 3.8) is 0 Å². The molecular formula is C13H10FNO2S. The molecule has 0 fully saturated rings. The van der Waals surface area contributed by atoms with Gasteiger partial charge in [0.05, 0.1) is 12.7 Å². The zero-order valence-electron chi connectivity index (χ0n) is 9.59. The van der Waals surface area contributed by atoms with E-state index in [4.69, 9.17) is 0 Å². The Balaban J connectivity index is 2.27. The van der Waals surface area contributed by atoms with E-state index in [1.54, 1.807) is 24.4 Å². The van der Waals surface area contributed by atoms with E-state index in [9.17, 15) is 9.18 Å². The van der Waals surface area contributed by atoms with E-state index in [0.29, 0.717) is 5.56 Å². The van der Waals surface area contributed by atoms with Crippen molar-refractivity contribution >= 4 is 29.5 Å². The number of benzene rings is 1. The maximum atomic E-state index is 13.4. The summed E-state index contributed by atoms with van der Waals surface area (Å²) in [4.78, 5) is 15.4. The lowest BCUT2D eigenvalue weighted by molar-refractivity contribution is 0.0595. The molecule has 0 aliphatic heterocycles. The average Bonchev–Trinajstić information content (AvgIpc) is 2.90. The molecule has 2 rings (SSSR count). The van der Waals surface area contributed by atoms with E-state index < -0.39 is 11.8 Å². The summed E-state index contributed by atoms with van der Waals surface area (Å²) in [6, 6.07) is 4.28. The molecule has 0 amide bonds. The number of halogens is 1. The van der Waals surface area contributed by atoms with E-state index in [1.165, 1.54) is 30.6 Å². The van der Waals surface area contributed by atoms with Crippen molar-refractivity contribution in [1.29, 1.82) is 0 Å². The monoisotopic (exact) mass is 263 g/mol. The highest BCUT2D eigenvalue weighted by atomic mass is 32.1. The fourth-order valence-corrected chi connectivity index (χ4v) is 1.93. The summed E-state index contributed by atoms with van der Waals surface area (Å²) in [5, 5.41) is 2.71. The van der Waals surface area contributed by atoms with Gasteiger partial charge in [-0.05, 0) is 23.8 Å². The number of aromatic nitrogens is 1. The van der Waals surface area contributed by atoms with Crippen molar-refractivity contribution in [3.05, 3.63) is 51.7 Å². The van der Waals surface area contributed by atoms with Crippen molar-refractivity contribution in [2.45, 2.75) is 0 Å². The first-order chi connectivity index (χ1) is 8.70. The van der Waals surface area contributed by atoms with Crippen LogP contribution in [0, 0.1) is 5.82 Å². The number of carbonyl (C=O) groups is 1. The minimum absolute atomic E-state index is 0.0706. The fourth-order valence-electron chi connectivity index (χ4n) is 1.40. The Hall–Kier alpha value is -2.01. The zero-order valence-corrected chi connectivity index (χ0v) is 10.4. The topological polar surface area (TPSA) is 39.2 Å². The van der Waals surface area contributed by atoms with Crippen molar-refractivity contribution in [3.8, 4) is 0 Å². The normalized spacial score (nSPS) is 10.8. The van der Waals surface area contributed by atoms with Gasteiger partial charge in [-0.25, -0.2) is 14.2 Å². The van der Waals surface area contributed by atoms with Crippen LogP contribution in [0.25, 0.3) is 12.2 Å². The lowest BCUT2D eigenvalue weighted by Gasteiger charge is -2.02. The first kappa shape index (κ1) is 12.4. The van der Waals surface area contributed by atoms with Crippen molar-refractivity contribution < 1.29 is 13.9 Å². The zero-order chi connectivity index (χ0) is 13.0. The second kappa shape index (κ2) is 5.55. The molecule has 0 radical (unpaired) electrons. The van der Waals surface area contributed by atoms with Gasteiger partial charge in [-0.3, -0.25) is 0 Å². The Kier molecular flexibility index (Phi) is 3.84. The molecule has 1 heterocycles. The number of esters is 1. The molecule has 1 aromatic heterocycles. The van der Waals surface area contributed by atoms with Crippen LogP contribution in [-0.4, -0.2) is 18.1 Å². The molecule has 0 atom stereocenters. The molecule has 0 bridgehead atoms. The molecule has 5 heteroatoms. The molecule has 3 nitrogen and oxygen atoms in total. The highest BCUT2D eigenvalue weighted by Gasteiger charge is 2.11. The van der Waals surface area contributed by atoms with Gasteiger partial charge >= 0.3 is 5.97 Å². The first-order valence-electron chi connectivity index (χ1n) is 5.16. The van der Waals surface area contributed by atoms with Crippen LogP contribution in [0.3, 0.4) is 0 Å². The van der Waals surface area contributed by atoms with E-state index in [1.807, 2.05) is 5.38 Å². The molecule has 0 aliphatic rings. The molecule has 1 aromatic carbocycles. The Labute approximate surface area is 108 Å². The summed E-state index contributed by atoms with van der Waals surface area (Å²) in [6.45, 7) is 0. The van der Waals surface area contributed by atoms with Crippen molar-refractivity contribution in [1.82, 2.24) is 4.98 Å². The highest BCUT2D eigenvalue weighted by Crippen LogP contribution is 2.15. The number of hydrogen-bond acceptors (Lipinski definition) is 4. The van der Waals surface area contributed by atoms with Gasteiger partial charge in [0.15, 0.2) is 0 Å². The van der Waals surface area contributed by atoms with Crippen LogP contribution in [-0.2, 0) is 4.74 Å². The number of ether oxygens (including phenoxy) is 1. The molecule has 0 aliphatic carbocycles. The van der Waals surface area contributed by atoms with E-state index >= 15 is 0 Å². The number of nitrogens with zero attached hydrogens (tertiary/aromatic N) is 1. The average molecular weight is 263 g/mol. The molecule has 18 heavy (non-hydrogen) atoms. The number of methoxy groups -OCH3 is 1. The van der Waals surface area contributed by atoms with Gasteiger partial charge in [-0.2, -0.15) is 0 Å². The summed E-state index contributed by atoms with van der Waals surface area (Å²) in [5.74, 6) is -1.27. The van der Waals surface area contributed by atoms with E-state index in [-0.39, 0.29) is 5.56 Å². The van der Waals surface area contributed by atoms with Gasteiger partial charge in [-0.15, -0.1) is 11.3 Å². The summed E-state index contributed by atoms with van der Waals surface area (Å²) >= 11 is 1.50. The van der Waals surface area contributed by atoms with Crippen LogP contribution in [0.4, 0.5) is 4.39 Å². The maximum Gasteiger partial charge on any atom is 0.340 e. The van der Waals surface area contributed by atoms with Crippen LogP contribution in [0.2, 0.25) is 0 Å². The van der Waals surface area contributed by atoms with Gasteiger partial charge in [-0.1, -0.05) is 12.1 Å². The lowest BCUT2D eigenvalue weighted by atomic mass is 10.1. The van der Waals surface area contributed by atoms with Crippen LogP contribution < -0.4 is 0 Å². The number of thiazole rings is 1. The van der Waals surface area contributed by atoms with E-state index in [2.05, 4.69) is 9.72 Å². The Morgan fingerprint density at radius 1 is 1.44 bits per heavy atom. The van der Waals surface area contributed by atoms with Crippen LogP contribution >= 0.6 is 11.3 Å². The second-order valence-electron chi connectivity index (χ2n) is 3.43. The predicted molar refractivity (Wildman–Crippen MR) is 68.8 cm³/mol. The van der Waals surface area contributed by atoms with E-state index in [0.717, 1.165) is 5.01 Å². The Bertz CT molecular complexity index is 579. The minimum Gasteiger partial charge on any atom is -0.465 e. The molecule has 0 unspecified atom stereocenters. The van der Waals surface area contributed by atoms with Gasteiger partial charge in [0.25, 0.3) is 0 Å². The molecular weight excluding hydrogens is 253 g/mol. The molecule has 0 saturated carbocycles. The SMILES string of the molecule is COC(=O)c1cc(/C=C/c2nccs2)ccc1F. The summed E-state index contributed by atoms with van der Waals surface area (Å²) in [6.07, 6.45) is 5.28. The predicted octanol–water partition coefficient (Wildman–Crippen LogP) is 3.24. The number of hydrogen-bond donors (Lipinski definition) is 0. The smallest absolute Gasteiger partial charge is 0.340 e. The fraction of sp³-hybridized carbons (Fsp3) is 0.0769. The second-order valence-corrected chi connectivity index (χ2v) is 4.36. The Morgan fingerprint density at radius 2 is 2.28 bits per heavy atom. The Morgan fingerprint density at radius 3 is 2.94 bits per heavy atom. The van der Waals surface area contributed by atoms with Gasteiger partial charge < -0.3 is 4.74 Å². The van der Waals surface area contributed by atoms with Gasteiger partial charge in [0.1, 0.15) is 10.8 Å². The van der Waals surface area contributed by atoms with Crippen molar-refractivity contribution in [2.75, 3.05) is 7.11 Å². The lowest BCUT2D eigenvalue weighted by Crippen LogP contribution is -2.04. The quantitative estimate of drug-likeness (QED) is 0.798. The third kappa shape index (κ3) is 2.81. The molecule has 0 saturated heterocycles. The summed E-state index contributed by atoms with van der Waals surface area (Å²) in [7, 11) is 1.22. The number of rotatable bonds is 3. The van der Waals surface area contributed by atoms with Crippen LogP contribution in [0.15, 0.2) is 29.8 Å². The van der Waals surface area contributed by atoms with Crippen molar-refractivity contribution in [2.24, 2.45) is 0 Å². The largest absolute Gasteiger partial charge is 0.465 e. The summed E-state index contributed by atoms with van der Waals surface area (Å²) < 4.78 is 17.9. The van der Waals surface area contributed by atoms with Gasteiger partial charge in [0.2, 0.25) is 0 Å². The molecule has 92 valence electrons. The molecule has 0 N–H and O–H groups in total. The van der Waals surface area contributed by atoms with Gasteiger partial charge in [0, 0.05) is 11.6 Å². The standard InChI is InChI=1S/C13H10FNO2S/c1-17-13(16)10-8-9(2-4-11(10)14)3-5-12-15-6-7-18-12/h2-8H,1H3/b5-3+. The summed E-state index contributed by atoms with van der Waals surface area (Å²) in [5.41, 5.74) is 0.644. The maximum absolute atomic E-state index is 13.4. The highest BCUT2D eigenvalue weighted by molar-refractivity contribution is 7.10. The van der Waals surface area contributed by atoms with Crippen LogP contribution in [0.1, 0.15) is 20.9 Å². The van der Waals surface area contributed by atoms with Crippen LogP contribution in [0.5, 0.6) is 0 Å². The minimum atomic E-state index is -0.683. The molecule has 2 aromatic rings. The first-order valence-corrected chi connectivity index (χ1v) is 6.04. The third-order valence-electron chi connectivity index (χ3n) is 2.27.